The summed E-state index contributed by atoms with van der Waals surface area (Å²) < 4.78 is 0.521. The van der Waals surface area contributed by atoms with E-state index >= 15 is 0 Å². The van der Waals surface area contributed by atoms with Crippen LogP contribution in [0.1, 0.15) is 6.92 Å². The van der Waals surface area contributed by atoms with Gasteiger partial charge in [0.05, 0.1) is 20.3 Å². The van der Waals surface area contributed by atoms with Crippen molar-refractivity contribution in [2.75, 3.05) is 20.6 Å². The van der Waals surface area contributed by atoms with E-state index in [0.717, 1.165) is 0 Å². The molecule has 0 amide bonds. The van der Waals surface area contributed by atoms with E-state index in [9.17, 15) is 0 Å². The topological polar surface area (TPSA) is 12.4 Å². The second-order valence-electron chi connectivity index (χ2n) is 2.36. The Kier molecular flexibility index (Phi) is 2.97. The Hall–Kier alpha value is -0.810. The zero-order chi connectivity index (χ0) is 7.33. The summed E-state index contributed by atoms with van der Waals surface area (Å²) in [6.45, 7) is 2.53. The quantitative estimate of drug-likeness (QED) is 0.223. The van der Waals surface area contributed by atoms with Crippen molar-refractivity contribution in [3.8, 4) is 12.3 Å². The third kappa shape index (κ3) is 3.75. The summed E-state index contributed by atoms with van der Waals surface area (Å²) in [7, 11) is 3.92. The molecule has 9 heavy (non-hydrogen) atoms. The summed E-state index contributed by atoms with van der Waals surface area (Å²) in [5.41, 5.74) is 0. The highest BCUT2D eigenvalue weighted by molar-refractivity contribution is 5.52. The zero-order valence-corrected chi connectivity index (χ0v) is 6.26. The fourth-order valence-corrected chi connectivity index (χ4v) is 0.577. The molecule has 2 nitrogen and oxygen atoms in total. The maximum Gasteiger partial charge on any atom is 0.164 e. The third-order valence-corrected chi connectivity index (χ3v) is 0.906. The summed E-state index contributed by atoms with van der Waals surface area (Å²) >= 11 is 0. The van der Waals surface area contributed by atoms with E-state index < -0.39 is 0 Å². The summed E-state index contributed by atoms with van der Waals surface area (Å²) in [5, 5.41) is 4.12. The number of terminal acetylenes is 1. The lowest BCUT2D eigenvalue weighted by atomic mass is 10.6. The second-order valence-corrected chi connectivity index (χ2v) is 2.36. The smallest absolute Gasteiger partial charge is 0.164 e. The maximum atomic E-state index is 5.11. The molecule has 0 aromatic heterocycles. The van der Waals surface area contributed by atoms with E-state index in [1.165, 1.54) is 0 Å². The monoisotopic (exact) mass is 125 g/mol. The van der Waals surface area contributed by atoms with Gasteiger partial charge in [-0.3, -0.25) is 0 Å². The Morgan fingerprint density at radius 2 is 2.22 bits per heavy atom. The molecule has 0 saturated heterocycles. The number of nitrogens with zero attached hydrogens (tertiary/aromatic N) is 2. The van der Waals surface area contributed by atoms with Crippen molar-refractivity contribution in [1.82, 2.24) is 0 Å². The van der Waals surface area contributed by atoms with Gasteiger partial charge in [0.2, 0.25) is 0 Å². The molecule has 0 aromatic rings. The first-order valence-corrected chi connectivity index (χ1v) is 2.89. The summed E-state index contributed by atoms with van der Waals surface area (Å²) in [6, 6.07) is 0. The van der Waals surface area contributed by atoms with Gasteiger partial charge in [-0.2, -0.15) is 4.59 Å². The van der Waals surface area contributed by atoms with Crippen LogP contribution in [-0.2, 0) is 0 Å². The van der Waals surface area contributed by atoms with Gasteiger partial charge in [0, 0.05) is 0 Å². The number of rotatable bonds is 2. The fraction of sp³-hybridized carbons (Fsp3) is 0.571. The molecule has 0 heterocycles. The summed E-state index contributed by atoms with van der Waals surface area (Å²) in [4.78, 5) is 0. The molecule has 0 aliphatic rings. The molecule has 0 N–H and O–H groups in total. The molecule has 0 aliphatic carbocycles. The van der Waals surface area contributed by atoms with Gasteiger partial charge in [0.15, 0.2) is 6.54 Å². The van der Waals surface area contributed by atoms with Crippen molar-refractivity contribution in [3.63, 3.8) is 0 Å². The minimum absolute atomic E-state index is 0.521. The molecule has 0 unspecified atom stereocenters. The van der Waals surface area contributed by atoms with Crippen molar-refractivity contribution < 1.29 is 4.59 Å². The lowest BCUT2D eigenvalue weighted by Gasteiger charge is -2.17. The molecular formula is C7H13N2+. The van der Waals surface area contributed by atoms with Crippen molar-refractivity contribution in [3.05, 3.63) is 0 Å². The zero-order valence-electron chi connectivity index (χ0n) is 6.26. The molecule has 0 bridgehead atoms. The van der Waals surface area contributed by atoms with E-state index in [2.05, 4.69) is 11.0 Å². The molecule has 0 saturated carbocycles. The molecule has 50 valence electrons. The summed E-state index contributed by atoms with van der Waals surface area (Å²) in [6.07, 6.45) is 6.87. The summed E-state index contributed by atoms with van der Waals surface area (Å²) in [5.74, 6) is 2.55. The van der Waals surface area contributed by atoms with Crippen molar-refractivity contribution in [2.24, 2.45) is 5.10 Å². The van der Waals surface area contributed by atoms with Gasteiger partial charge in [0.25, 0.3) is 0 Å². The maximum absolute atomic E-state index is 5.11. The molecule has 0 aromatic carbocycles. The van der Waals surface area contributed by atoms with Crippen LogP contribution in [0.15, 0.2) is 5.10 Å². The van der Waals surface area contributed by atoms with Gasteiger partial charge in [0.1, 0.15) is 0 Å². The van der Waals surface area contributed by atoms with Gasteiger partial charge < -0.3 is 0 Å². The van der Waals surface area contributed by atoms with Gasteiger partial charge in [-0.25, -0.2) is 0 Å². The van der Waals surface area contributed by atoms with Crippen LogP contribution in [0.3, 0.4) is 0 Å². The predicted octanol–water partition coefficient (Wildman–Crippen LogP) is 0.702. The number of hydrogen-bond acceptors (Lipinski definition) is 1. The van der Waals surface area contributed by atoms with Gasteiger partial charge >= 0.3 is 0 Å². The van der Waals surface area contributed by atoms with E-state index in [-0.39, 0.29) is 0 Å². The first-order chi connectivity index (χ1) is 4.12. The normalized spacial score (nSPS) is 11.8. The molecule has 0 rings (SSSR count). The van der Waals surface area contributed by atoms with Crippen molar-refractivity contribution in [2.45, 2.75) is 6.92 Å². The molecule has 0 spiro atoms. The molecular weight excluding hydrogens is 112 g/mol. The predicted molar refractivity (Wildman–Crippen MR) is 40.0 cm³/mol. The highest BCUT2D eigenvalue weighted by Crippen LogP contribution is 1.93. The Balaban J connectivity index is 3.89. The molecule has 0 atom stereocenters. The average Bonchev–Trinajstić information content (AvgIpc) is 1.64. The number of hydrogen-bond donors (Lipinski definition) is 0. The Morgan fingerprint density at radius 3 is 2.56 bits per heavy atom. The lowest BCUT2D eigenvalue weighted by molar-refractivity contribution is -0.889. The van der Waals surface area contributed by atoms with Crippen LogP contribution in [0, 0.1) is 12.3 Å². The first-order valence-electron chi connectivity index (χ1n) is 2.89. The van der Waals surface area contributed by atoms with E-state index in [1.807, 2.05) is 21.0 Å². The van der Waals surface area contributed by atoms with E-state index in [1.54, 1.807) is 6.21 Å². The van der Waals surface area contributed by atoms with Crippen LogP contribution in [0.4, 0.5) is 0 Å². The Morgan fingerprint density at radius 1 is 1.67 bits per heavy atom. The fourth-order valence-electron chi connectivity index (χ4n) is 0.577. The van der Waals surface area contributed by atoms with Gasteiger partial charge in [-0.1, -0.05) is 5.10 Å². The highest BCUT2D eigenvalue weighted by Gasteiger charge is 2.08. The lowest BCUT2D eigenvalue weighted by Crippen LogP contribution is -2.33. The van der Waals surface area contributed by atoms with Crippen LogP contribution in [0.25, 0.3) is 0 Å². The third-order valence-electron chi connectivity index (χ3n) is 0.906. The SMILES string of the molecule is C#CC[N+](C)(C)/N=C/C. The molecule has 0 radical (unpaired) electrons. The van der Waals surface area contributed by atoms with Crippen LogP contribution in [-0.4, -0.2) is 31.4 Å². The van der Waals surface area contributed by atoms with Gasteiger partial charge in [-0.05, 0) is 12.8 Å². The highest BCUT2D eigenvalue weighted by atomic mass is 15.6. The largest absolute Gasteiger partial charge is 0.193 e. The Labute approximate surface area is 56.8 Å². The van der Waals surface area contributed by atoms with Crippen LogP contribution >= 0.6 is 0 Å². The minimum atomic E-state index is 0.521. The van der Waals surface area contributed by atoms with Crippen LogP contribution in [0.5, 0.6) is 0 Å². The van der Waals surface area contributed by atoms with Crippen molar-refractivity contribution in [1.29, 1.82) is 0 Å². The van der Waals surface area contributed by atoms with Crippen LogP contribution < -0.4 is 0 Å². The molecule has 2 heteroatoms. The standard InChI is InChI=1S/C7H13N2/c1-5-7-9(3,4)8-6-2/h1,6H,7H2,2-4H3/q+1/b8-6+. The average molecular weight is 125 g/mol. The first kappa shape index (κ1) is 8.19. The second kappa shape index (κ2) is 3.26. The minimum Gasteiger partial charge on any atom is -0.193 e. The Bertz CT molecular complexity index is 139. The molecule has 0 aliphatic heterocycles. The van der Waals surface area contributed by atoms with E-state index in [4.69, 9.17) is 6.42 Å². The van der Waals surface area contributed by atoms with Crippen molar-refractivity contribution >= 4 is 6.21 Å². The van der Waals surface area contributed by atoms with Gasteiger partial charge in [-0.15, -0.1) is 6.42 Å². The number of quaternary nitrogens is 1. The van der Waals surface area contributed by atoms with E-state index in [0.29, 0.717) is 11.1 Å². The van der Waals surface area contributed by atoms with Crippen LogP contribution in [0.2, 0.25) is 0 Å². The molecule has 0 fully saturated rings.